The number of aromatic hydroxyl groups is 1. The van der Waals surface area contributed by atoms with Crippen molar-refractivity contribution >= 4 is 11.8 Å². The summed E-state index contributed by atoms with van der Waals surface area (Å²) in [5.41, 5.74) is 2.36. The van der Waals surface area contributed by atoms with Crippen LogP contribution in [0.1, 0.15) is 11.3 Å². The molecule has 1 aromatic heterocycles. The molecule has 18 heavy (non-hydrogen) atoms. The number of pyridine rings is 1. The standard InChI is InChI=1S/C8H11NS.C7H8O/c1-10-7-5-8-4-2-3-6-9-8;1-6-2-4-7(8)5-3-6/h2-4,6H,5,7H2,1H3;2-5,8H,1H3. The Labute approximate surface area is 113 Å². The number of phenolic OH excluding ortho intramolecular Hbond substituents is 1. The van der Waals surface area contributed by atoms with Gasteiger partial charge in [-0.05, 0) is 49.6 Å². The molecule has 0 fully saturated rings. The highest BCUT2D eigenvalue weighted by molar-refractivity contribution is 7.98. The average molecular weight is 261 g/mol. The van der Waals surface area contributed by atoms with E-state index in [1.165, 1.54) is 11.3 Å². The van der Waals surface area contributed by atoms with E-state index in [9.17, 15) is 0 Å². The van der Waals surface area contributed by atoms with Gasteiger partial charge in [-0.2, -0.15) is 11.8 Å². The third kappa shape index (κ3) is 6.30. The van der Waals surface area contributed by atoms with E-state index in [-0.39, 0.29) is 0 Å². The van der Waals surface area contributed by atoms with Gasteiger partial charge in [0.2, 0.25) is 0 Å². The largest absolute Gasteiger partial charge is 0.508 e. The third-order valence-electron chi connectivity index (χ3n) is 2.32. The highest BCUT2D eigenvalue weighted by Gasteiger charge is 1.89. The summed E-state index contributed by atoms with van der Waals surface area (Å²) in [4.78, 5) is 4.20. The molecule has 0 radical (unpaired) electrons. The van der Waals surface area contributed by atoms with Gasteiger partial charge in [0.1, 0.15) is 5.75 Å². The second kappa shape index (κ2) is 8.59. The Morgan fingerprint density at radius 3 is 2.33 bits per heavy atom. The molecule has 1 aromatic carbocycles. The van der Waals surface area contributed by atoms with E-state index in [0.29, 0.717) is 5.75 Å². The van der Waals surface area contributed by atoms with Crippen LogP contribution in [0.5, 0.6) is 5.75 Å². The lowest BCUT2D eigenvalue weighted by molar-refractivity contribution is 0.475. The Hall–Kier alpha value is -1.48. The van der Waals surface area contributed by atoms with Crippen LogP contribution in [0.4, 0.5) is 0 Å². The van der Waals surface area contributed by atoms with Crippen molar-refractivity contribution in [2.75, 3.05) is 12.0 Å². The van der Waals surface area contributed by atoms with Crippen LogP contribution in [0.2, 0.25) is 0 Å². The molecule has 0 spiro atoms. The first-order valence-corrected chi connectivity index (χ1v) is 7.26. The van der Waals surface area contributed by atoms with Crippen molar-refractivity contribution in [1.29, 1.82) is 0 Å². The summed E-state index contributed by atoms with van der Waals surface area (Å²) in [6.07, 6.45) is 5.04. The normalized spacial score (nSPS) is 9.44. The summed E-state index contributed by atoms with van der Waals surface area (Å²) >= 11 is 1.86. The van der Waals surface area contributed by atoms with Crippen LogP contribution in [0.3, 0.4) is 0 Å². The van der Waals surface area contributed by atoms with E-state index < -0.39 is 0 Å². The van der Waals surface area contributed by atoms with Gasteiger partial charge in [-0.15, -0.1) is 0 Å². The number of hydrogen-bond donors (Lipinski definition) is 1. The monoisotopic (exact) mass is 261 g/mol. The Bertz CT molecular complexity index is 407. The molecule has 0 saturated carbocycles. The number of aromatic nitrogens is 1. The first-order chi connectivity index (χ1) is 8.72. The van der Waals surface area contributed by atoms with E-state index in [1.807, 2.05) is 49.1 Å². The number of aryl methyl sites for hydroxylation is 2. The molecule has 0 atom stereocenters. The van der Waals surface area contributed by atoms with Crippen molar-refractivity contribution in [3.05, 3.63) is 59.9 Å². The van der Waals surface area contributed by atoms with E-state index in [2.05, 4.69) is 17.3 Å². The first kappa shape index (κ1) is 14.6. The van der Waals surface area contributed by atoms with Gasteiger partial charge in [0.25, 0.3) is 0 Å². The molecule has 2 rings (SSSR count). The predicted molar refractivity (Wildman–Crippen MR) is 79.2 cm³/mol. The Balaban J connectivity index is 0.000000184. The van der Waals surface area contributed by atoms with Crippen LogP contribution in [-0.4, -0.2) is 22.1 Å². The summed E-state index contributed by atoms with van der Waals surface area (Å²) in [6, 6.07) is 13.1. The predicted octanol–water partition coefficient (Wildman–Crippen LogP) is 3.69. The van der Waals surface area contributed by atoms with Gasteiger partial charge in [0.15, 0.2) is 0 Å². The lowest BCUT2D eigenvalue weighted by Gasteiger charge is -1.95. The number of benzene rings is 1. The van der Waals surface area contributed by atoms with Crippen LogP contribution in [0.15, 0.2) is 48.7 Å². The van der Waals surface area contributed by atoms with Gasteiger partial charge in [-0.25, -0.2) is 0 Å². The molecular formula is C15H19NOS. The topological polar surface area (TPSA) is 33.1 Å². The van der Waals surface area contributed by atoms with Gasteiger partial charge in [-0.3, -0.25) is 4.98 Å². The minimum absolute atomic E-state index is 0.329. The van der Waals surface area contributed by atoms with Crippen molar-refractivity contribution < 1.29 is 5.11 Å². The van der Waals surface area contributed by atoms with Crippen molar-refractivity contribution in [2.24, 2.45) is 0 Å². The fourth-order valence-electron chi connectivity index (χ4n) is 1.30. The van der Waals surface area contributed by atoms with Crippen molar-refractivity contribution in [3.63, 3.8) is 0 Å². The summed E-state index contributed by atoms with van der Waals surface area (Å²) in [5, 5.41) is 8.76. The third-order valence-corrected chi connectivity index (χ3v) is 2.93. The first-order valence-electron chi connectivity index (χ1n) is 5.87. The number of rotatable bonds is 3. The summed E-state index contributed by atoms with van der Waals surface area (Å²) in [5.74, 6) is 1.49. The second-order valence-electron chi connectivity index (χ2n) is 3.90. The fourth-order valence-corrected chi connectivity index (χ4v) is 1.71. The molecule has 2 aromatic rings. The molecule has 0 aliphatic heterocycles. The Morgan fingerprint density at radius 2 is 1.83 bits per heavy atom. The van der Waals surface area contributed by atoms with E-state index in [0.717, 1.165) is 12.2 Å². The quantitative estimate of drug-likeness (QED) is 0.914. The maximum absolute atomic E-state index is 8.76. The zero-order valence-corrected chi connectivity index (χ0v) is 11.7. The van der Waals surface area contributed by atoms with Gasteiger partial charge in [0, 0.05) is 11.9 Å². The molecule has 0 aliphatic rings. The van der Waals surface area contributed by atoms with Crippen LogP contribution >= 0.6 is 11.8 Å². The molecule has 1 heterocycles. The van der Waals surface area contributed by atoms with Gasteiger partial charge >= 0.3 is 0 Å². The molecule has 0 unspecified atom stereocenters. The smallest absolute Gasteiger partial charge is 0.115 e. The lowest BCUT2D eigenvalue weighted by atomic mass is 10.2. The number of phenols is 1. The molecule has 0 saturated heterocycles. The molecule has 0 aliphatic carbocycles. The Kier molecular flexibility index (Phi) is 6.96. The summed E-state index contributed by atoms with van der Waals surface area (Å²) in [7, 11) is 0. The van der Waals surface area contributed by atoms with Crippen LogP contribution in [0, 0.1) is 6.92 Å². The number of nitrogens with zero attached hydrogens (tertiary/aromatic N) is 1. The molecule has 0 amide bonds. The fraction of sp³-hybridized carbons (Fsp3) is 0.267. The molecule has 1 N–H and O–H groups in total. The maximum Gasteiger partial charge on any atom is 0.115 e. The molecule has 0 bridgehead atoms. The SMILES string of the molecule is CSCCc1ccccn1.Cc1ccc(O)cc1. The maximum atomic E-state index is 8.76. The van der Waals surface area contributed by atoms with Crippen LogP contribution < -0.4 is 0 Å². The van der Waals surface area contributed by atoms with Crippen molar-refractivity contribution in [3.8, 4) is 5.75 Å². The van der Waals surface area contributed by atoms with Gasteiger partial charge < -0.3 is 5.11 Å². The minimum atomic E-state index is 0.329. The van der Waals surface area contributed by atoms with Gasteiger partial charge in [-0.1, -0.05) is 23.8 Å². The highest BCUT2D eigenvalue weighted by atomic mass is 32.2. The second-order valence-corrected chi connectivity index (χ2v) is 4.89. The number of thioether (sulfide) groups is 1. The summed E-state index contributed by atoms with van der Waals surface area (Å²) < 4.78 is 0. The average Bonchev–Trinajstić information content (AvgIpc) is 2.42. The van der Waals surface area contributed by atoms with E-state index >= 15 is 0 Å². The van der Waals surface area contributed by atoms with E-state index in [1.54, 1.807) is 12.1 Å². The number of hydrogen-bond acceptors (Lipinski definition) is 3. The zero-order chi connectivity index (χ0) is 13.2. The van der Waals surface area contributed by atoms with Crippen LogP contribution in [0.25, 0.3) is 0 Å². The van der Waals surface area contributed by atoms with E-state index in [4.69, 9.17) is 5.11 Å². The highest BCUT2D eigenvalue weighted by Crippen LogP contribution is 2.07. The summed E-state index contributed by atoms with van der Waals surface area (Å²) in [6.45, 7) is 1.99. The van der Waals surface area contributed by atoms with Crippen molar-refractivity contribution in [1.82, 2.24) is 4.98 Å². The van der Waals surface area contributed by atoms with Crippen molar-refractivity contribution in [2.45, 2.75) is 13.3 Å². The van der Waals surface area contributed by atoms with Crippen LogP contribution in [-0.2, 0) is 6.42 Å². The molecule has 96 valence electrons. The Morgan fingerprint density at radius 1 is 1.11 bits per heavy atom. The van der Waals surface area contributed by atoms with Gasteiger partial charge in [0.05, 0.1) is 0 Å². The molecule has 3 heteroatoms. The minimum Gasteiger partial charge on any atom is -0.508 e. The zero-order valence-electron chi connectivity index (χ0n) is 10.8. The lowest BCUT2D eigenvalue weighted by Crippen LogP contribution is -1.89. The molecular weight excluding hydrogens is 242 g/mol. The molecule has 2 nitrogen and oxygen atoms in total.